The zero-order chi connectivity index (χ0) is 21.8. The van der Waals surface area contributed by atoms with Crippen LogP contribution < -0.4 is 5.32 Å². The summed E-state index contributed by atoms with van der Waals surface area (Å²) in [7, 11) is -5.04. The average Bonchev–Trinajstić information content (AvgIpc) is 3.22. The molecule has 1 aliphatic heterocycles. The smallest absolute Gasteiger partial charge is 0.304 e. The van der Waals surface area contributed by atoms with Gasteiger partial charge in [0, 0.05) is 31.1 Å². The van der Waals surface area contributed by atoms with Crippen molar-refractivity contribution in [2.24, 2.45) is 11.8 Å². The first-order valence-corrected chi connectivity index (χ1v) is 11.1. The lowest BCUT2D eigenvalue weighted by Gasteiger charge is -2.23. The number of alkyl halides is 2. The lowest BCUT2D eigenvalue weighted by atomic mass is 9.97. The van der Waals surface area contributed by atoms with Crippen LogP contribution in [0, 0.1) is 11.8 Å². The van der Waals surface area contributed by atoms with E-state index in [4.69, 9.17) is 0 Å². The third kappa shape index (κ3) is 3.94. The Morgan fingerprint density at radius 3 is 2.83 bits per heavy atom. The Balaban J connectivity index is 0.00000272. The molecule has 0 bridgehead atoms. The van der Waals surface area contributed by atoms with E-state index in [-0.39, 0.29) is 7.34 Å². The Labute approximate surface area is 173 Å². The zero-order valence-electron chi connectivity index (χ0n) is 16.0. The van der Waals surface area contributed by atoms with Gasteiger partial charge in [-0.15, -0.1) is 3.89 Å². The van der Waals surface area contributed by atoms with E-state index in [0.29, 0.717) is 27.9 Å². The number of hydrogen-bond donors (Lipinski definition) is 1. The van der Waals surface area contributed by atoms with Crippen LogP contribution in [0.4, 0.5) is 12.7 Å². The molecule has 2 amide bonds. The Hall–Kier alpha value is -2.43. The predicted octanol–water partition coefficient (Wildman–Crippen LogP) is 1.97. The Bertz CT molecular complexity index is 1050. The van der Waals surface area contributed by atoms with E-state index in [2.05, 4.69) is 17.2 Å². The molecule has 11 heteroatoms. The number of halogens is 3. The maximum absolute atomic E-state index is 13.7. The van der Waals surface area contributed by atoms with Gasteiger partial charge in [-0.25, -0.2) is 8.78 Å². The van der Waals surface area contributed by atoms with Crippen molar-refractivity contribution in [3.05, 3.63) is 35.2 Å². The molecule has 164 valence electrons. The molecule has 1 N–H and O–H groups in total. The van der Waals surface area contributed by atoms with E-state index in [1.54, 1.807) is 0 Å². The maximum Gasteiger partial charge on any atom is 0.304 e. The van der Waals surface area contributed by atoms with Crippen molar-refractivity contribution in [2.75, 3.05) is 18.8 Å². The number of allylic oxidation sites excluding steroid dienone is 1. The van der Waals surface area contributed by atoms with E-state index < -0.39 is 59.3 Å². The highest BCUT2D eigenvalue weighted by Crippen LogP contribution is 2.57. The van der Waals surface area contributed by atoms with Crippen molar-refractivity contribution in [3.63, 3.8) is 0 Å². The molecule has 1 saturated heterocycles. The number of amides is 2. The number of nitrogens with zero attached hydrogens (tertiary/aromatic N) is 2. The minimum absolute atomic E-state index is 0. The molecule has 30 heavy (non-hydrogen) atoms. The fraction of sp³-hybridized carbons (Fsp3) is 0.526. The van der Waals surface area contributed by atoms with Gasteiger partial charge < -0.3 is 10.2 Å². The molecular formula is C19H22F3N3O4S. The molecular weight excluding hydrogens is 423 g/mol. The minimum Gasteiger partial charge on any atom is -0.343 e. The largest absolute Gasteiger partial charge is 0.343 e. The van der Waals surface area contributed by atoms with Gasteiger partial charge in [-0.05, 0) is 17.9 Å². The van der Waals surface area contributed by atoms with Gasteiger partial charge in [-0.3, -0.25) is 14.6 Å². The summed E-state index contributed by atoms with van der Waals surface area (Å²) in [5.41, 5.74) is 1.81. The van der Waals surface area contributed by atoms with E-state index >= 15 is 0 Å². The molecule has 2 fully saturated rings. The number of hydrogen-bond acceptors (Lipinski definition) is 5. The highest BCUT2D eigenvalue weighted by atomic mass is 32.3. The summed E-state index contributed by atoms with van der Waals surface area (Å²) in [6.07, 6.45) is 4.42. The first-order chi connectivity index (χ1) is 14.0. The quantitative estimate of drug-likeness (QED) is 0.699. The molecule has 0 spiro atoms. The van der Waals surface area contributed by atoms with Crippen LogP contribution in [0.2, 0.25) is 0 Å². The van der Waals surface area contributed by atoms with Crippen molar-refractivity contribution in [3.8, 4) is 0 Å². The second-order valence-corrected chi connectivity index (χ2v) is 9.51. The topological polar surface area (TPSA) is 96.4 Å². The van der Waals surface area contributed by atoms with E-state index in [1.165, 1.54) is 12.3 Å². The Morgan fingerprint density at radius 1 is 1.40 bits per heavy atom. The standard InChI is InChI=1S/C19H20F3N3O4S.H2/c1-10-12-2-3-13-14(4-5-23-17(13)16(10)12)18(27)24-7-15(26)25-9-19(20,21)6-11(25)8-30(22,28)29;/h2-5,10-12,16H,6-9H2,1H3,(H,24,27);1H. The fourth-order valence-corrected chi connectivity index (χ4v) is 5.23. The third-order valence-electron chi connectivity index (χ3n) is 6.00. The molecule has 4 atom stereocenters. The molecule has 3 aliphatic rings. The van der Waals surface area contributed by atoms with Crippen LogP contribution in [0.1, 0.15) is 42.3 Å². The number of fused-ring (bicyclic) bond motifs is 3. The van der Waals surface area contributed by atoms with Gasteiger partial charge in [0.05, 0.1) is 24.8 Å². The summed E-state index contributed by atoms with van der Waals surface area (Å²) in [4.78, 5) is 30.0. The summed E-state index contributed by atoms with van der Waals surface area (Å²) < 4.78 is 62.1. The van der Waals surface area contributed by atoms with Gasteiger partial charge in [-0.2, -0.15) is 8.42 Å². The summed E-state index contributed by atoms with van der Waals surface area (Å²) in [5.74, 6) is -4.88. The van der Waals surface area contributed by atoms with Crippen LogP contribution in [-0.4, -0.2) is 60.9 Å². The van der Waals surface area contributed by atoms with Gasteiger partial charge >= 0.3 is 10.2 Å². The molecule has 7 nitrogen and oxygen atoms in total. The second kappa shape index (κ2) is 7.07. The van der Waals surface area contributed by atoms with Crippen LogP contribution in [0.3, 0.4) is 0 Å². The molecule has 1 aromatic heterocycles. The van der Waals surface area contributed by atoms with Gasteiger partial charge in [-0.1, -0.05) is 19.1 Å². The van der Waals surface area contributed by atoms with Crippen LogP contribution in [0.5, 0.6) is 0 Å². The first-order valence-electron chi connectivity index (χ1n) is 9.52. The molecule has 0 aromatic carbocycles. The first kappa shape index (κ1) is 20.8. The van der Waals surface area contributed by atoms with Crippen molar-refractivity contribution >= 4 is 28.1 Å². The van der Waals surface area contributed by atoms with E-state index in [1.807, 2.05) is 12.2 Å². The molecule has 4 rings (SSSR count). The molecule has 2 aliphatic carbocycles. The van der Waals surface area contributed by atoms with Crippen LogP contribution in [0.15, 0.2) is 18.3 Å². The van der Waals surface area contributed by atoms with Gasteiger partial charge in [0.2, 0.25) is 5.91 Å². The number of likely N-dealkylation sites (tertiary alicyclic amines) is 1. The minimum atomic E-state index is -5.04. The summed E-state index contributed by atoms with van der Waals surface area (Å²) in [5, 5.41) is 2.40. The normalized spacial score (nSPS) is 28.6. The van der Waals surface area contributed by atoms with Crippen LogP contribution >= 0.6 is 0 Å². The summed E-state index contributed by atoms with van der Waals surface area (Å²) >= 11 is 0. The Kier molecular flexibility index (Phi) is 4.91. The molecule has 0 radical (unpaired) electrons. The number of pyridine rings is 1. The second-order valence-electron chi connectivity index (χ2n) is 8.10. The zero-order valence-corrected chi connectivity index (χ0v) is 16.8. The number of nitrogens with one attached hydrogen (secondary N) is 1. The van der Waals surface area contributed by atoms with Gasteiger partial charge in [0.15, 0.2) is 0 Å². The Morgan fingerprint density at radius 2 is 2.13 bits per heavy atom. The SMILES string of the molecule is CC1C2C=Cc3c(C(=O)NCC(=O)N4CC(F)(F)CC4CS(=O)(=O)F)ccnc3C12.[HH]. The number of carbonyl (C=O) groups excluding carboxylic acids is 2. The number of rotatable bonds is 5. The lowest BCUT2D eigenvalue weighted by Crippen LogP contribution is -2.45. The molecule has 1 aromatic rings. The van der Waals surface area contributed by atoms with Crippen molar-refractivity contribution in [1.82, 2.24) is 15.2 Å². The average molecular weight is 445 g/mol. The van der Waals surface area contributed by atoms with Crippen molar-refractivity contribution in [1.29, 1.82) is 0 Å². The molecule has 2 heterocycles. The summed E-state index contributed by atoms with van der Waals surface area (Å²) in [6, 6.07) is 0.0306. The monoisotopic (exact) mass is 445 g/mol. The van der Waals surface area contributed by atoms with E-state index in [9.17, 15) is 30.7 Å². The van der Waals surface area contributed by atoms with Gasteiger partial charge in [0.25, 0.3) is 11.8 Å². The maximum atomic E-state index is 13.7. The fourth-order valence-electron chi connectivity index (χ4n) is 4.48. The third-order valence-corrected chi connectivity index (χ3v) is 6.79. The highest BCUT2D eigenvalue weighted by molar-refractivity contribution is 7.86. The lowest BCUT2D eigenvalue weighted by molar-refractivity contribution is -0.131. The number of aromatic nitrogens is 1. The predicted molar refractivity (Wildman–Crippen MR) is 103 cm³/mol. The molecule has 1 saturated carbocycles. The van der Waals surface area contributed by atoms with Gasteiger partial charge in [0.1, 0.15) is 5.75 Å². The van der Waals surface area contributed by atoms with Crippen molar-refractivity contribution in [2.45, 2.75) is 31.2 Å². The molecule has 4 unspecified atom stereocenters. The van der Waals surface area contributed by atoms with Crippen LogP contribution in [-0.2, 0) is 15.0 Å². The summed E-state index contributed by atoms with van der Waals surface area (Å²) in [6.45, 7) is 0.471. The van der Waals surface area contributed by atoms with E-state index in [0.717, 1.165) is 5.69 Å². The highest BCUT2D eigenvalue weighted by Gasteiger charge is 2.50. The number of carbonyl (C=O) groups is 2. The van der Waals surface area contributed by atoms with Crippen LogP contribution in [0.25, 0.3) is 6.08 Å². The van der Waals surface area contributed by atoms with Crippen molar-refractivity contribution < 1.29 is 32.1 Å².